The number of amides is 1. The number of hydrogen-bond acceptors (Lipinski definition) is 4. The van der Waals surface area contributed by atoms with Crippen LogP contribution in [-0.2, 0) is 14.3 Å². The number of likely N-dealkylation sites (N-methyl/N-ethyl adjacent to an activating group) is 1. The van der Waals surface area contributed by atoms with Crippen LogP contribution in [-0.4, -0.2) is 61.0 Å². The fraction of sp³-hybridized carbons (Fsp3) is 0.929. The monoisotopic (exact) mass is 271 g/mol. The fourth-order valence-corrected chi connectivity index (χ4v) is 2.96. The van der Waals surface area contributed by atoms with E-state index in [1.54, 1.807) is 11.9 Å². The summed E-state index contributed by atoms with van der Waals surface area (Å²) in [6.07, 6.45) is 2.99. The van der Waals surface area contributed by atoms with Gasteiger partial charge < -0.3 is 19.5 Å². The molecule has 5 heteroatoms. The van der Waals surface area contributed by atoms with Crippen molar-refractivity contribution < 1.29 is 19.4 Å². The fourth-order valence-electron chi connectivity index (χ4n) is 2.96. The molecule has 2 atom stereocenters. The molecule has 2 heterocycles. The molecule has 2 aliphatic rings. The van der Waals surface area contributed by atoms with Crippen molar-refractivity contribution in [2.75, 3.05) is 33.4 Å². The molecule has 0 saturated carbocycles. The molecule has 0 bridgehead atoms. The molecule has 0 aromatic rings. The van der Waals surface area contributed by atoms with Gasteiger partial charge in [-0.25, -0.2) is 0 Å². The zero-order valence-corrected chi connectivity index (χ0v) is 11.9. The maximum Gasteiger partial charge on any atom is 0.228 e. The van der Waals surface area contributed by atoms with Gasteiger partial charge in [0.1, 0.15) is 0 Å². The summed E-state index contributed by atoms with van der Waals surface area (Å²) in [7, 11) is 1.77. The van der Waals surface area contributed by atoms with Gasteiger partial charge in [-0.1, -0.05) is 0 Å². The summed E-state index contributed by atoms with van der Waals surface area (Å²) in [6.45, 7) is 4.23. The van der Waals surface area contributed by atoms with Gasteiger partial charge in [0, 0.05) is 46.3 Å². The second kappa shape index (κ2) is 6.20. The summed E-state index contributed by atoms with van der Waals surface area (Å²) in [6, 6.07) is 0. The molecule has 1 amide bonds. The highest BCUT2D eigenvalue weighted by atomic mass is 16.5. The molecule has 2 saturated heterocycles. The van der Waals surface area contributed by atoms with E-state index in [0.29, 0.717) is 32.6 Å². The molecule has 0 unspecified atom stereocenters. The highest BCUT2D eigenvalue weighted by Gasteiger charge is 2.36. The van der Waals surface area contributed by atoms with E-state index in [1.165, 1.54) is 0 Å². The second-order valence-corrected chi connectivity index (χ2v) is 5.86. The lowest BCUT2D eigenvalue weighted by Crippen LogP contribution is -2.50. The molecular formula is C14H25NO4. The van der Waals surface area contributed by atoms with Crippen molar-refractivity contribution in [1.82, 2.24) is 4.90 Å². The van der Waals surface area contributed by atoms with Crippen molar-refractivity contribution in [2.45, 2.75) is 44.3 Å². The Morgan fingerprint density at radius 2 is 2.05 bits per heavy atom. The smallest absolute Gasteiger partial charge is 0.228 e. The van der Waals surface area contributed by atoms with E-state index in [-0.39, 0.29) is 17.9 Å². The Balaban J connectivity index is 1.91. The Labute approximate surface area is 114 Å². The van der Waals surface area contributed by atoms with Gasteiger partial charge in [0.15, 0.2) is 0 Å². The van der Waals surface area contributed by atoms with Crippen LogP contribution in [0.15, 0.2) is 0 Å². The number of hydrogen-bond donors (Lipinski definition) is 1. The Hall–Kier alpha value is -0.650. The minimum atomic E-state index is -0.790. The van der Waals surface area contributed by atoms with Gasteiger partial charge in [-0.15, -0.1) is 0 Å². The topological polar surface area (TPSA) is 59.0 Å². The Morgan fingerprint density at radius 1 is 1.37 bits per heavy atom. The van der Waals surface area contributed by atoms with E-state index in [9.17, 15) is 9.90 Å². The van der Waals surface area contributed by atoms with Gasteiger partial charge >= 0.3 is 0 Å². The number of ether oxygens (including phenoxy) is 2. The molecule has 110 valence electrons. The maximum atomic E-state index is 12.4. The first-order valence-electron chi connectivity index (χ1n) is 7.18. The van der Waals surface area contributed by atoms with Gasteiger partial charge in [0.25, 0.3) is 0 Å². The number of carbonyl (C=O) groups is 1. The summed E-state index contributed by atoms with van der Waals surface area (Å²) in [4.78, 5) is 14.1. The van der Waals surface area contributed by atoms with Crippen LogP contribution in [0, 0.1) is 5.92 Å². The third-order valence-electron chi connectivity index (χ3n) is 4.26. The van der Waals surface area contributed by atoms with Gasteiger partial charge in [0.05, 0.1) is 17.6 Å². The lowest BCUT2D eigenvalue weighted by Gasteiger charge is -2.38. The van der Waals surface area contributed by atoms with Gasteiger partial charge in [-0.3, -0.25) is 4.79 Å². The van der Waals surface area contributed by atoms with Crippen molar-refractivity contribution in [2.24, 2.45) is 5.92 Å². The van der Waals surface area contributed by atoms with Crippen LogP contribution in [0.1, 0.15) is 32.6 Å². The molecule has 2 rings (SSSR count). The number of carbonyl (C=O) groups excluding carboxylic acids is 1. The molecule has 0 radical (unpaired) electrons. The first-order valence-corrected chi connectivity index (χ1v) is 7.18. The standard InChI is InChI=1S/C14H25NO4/c1-11-12(4-3-7-19-11)13(16)15(2)10-14(17)5-8-18-9-6-14/h11-12,17H,3-10H2,1-2H3/t11-,12+/m1/s1. The predicted octanol–water partition coefficient (Wildman–Crippen LogP) is 0.801. The normalized spacial score (nSPS) is 30.9. The van der Waals surface area contributed by atoms with Crippen molar-refractivity contribution in [1.29, 1.82) is 0 Å². The first-order chi connectivity index (χ1) is 9.02. The molecule has 0 aromatic carbocycles. The largest absolute Gasteiger partial charge is 0.388 e. The van der Waals surface area contributed by atoms with E-state index in [2.05, 4.69) is 0 Å². The predicted molar refractivity (Wildman–Crippen MR) is 70.8 cm³/mol. The van der Waals surface area contributed by atoms with Gasteiger partial charge in [-0.05, 0) is 19.8 Å². The van der Waals surface area contributed by atoms with Crippen LogP contribution in [0.25, 0.3) is 0 Å². The van der Waals surface area contributed by atoms with E-state index in [0.717, 1.165) is 19.4 Å². The molecule has 1 N–H and O–H groups in total. The van der Waals surface area contributed by atoms with Gasteiger partial charge in [-0.2, -0.15) is 0 Å². The zero-order valence-electron chi connectivity index (χ0n) is 11.9. The third-order valence-corrected chi connectivity index (χ3v) is 4.26. The van der Waals surface area contributed by atoms with E-state index >= 15 is 0 Å². The van der Waals surface area contributed by atoms with Crippen molar-refractivity contribution in [3.05, 3.63) is 0 Å². The highest BCUT2D eigenvalue weighted by molar-refractivity contribution is 5.79. The lowest BCUT2D eigenvalue weighted by molar-refractivity contribution is -0.148. The number of aliphatic hydroxyl groups is 1. The van der Waals surface area contributed by atoms with Crippen molar-refractivity contribution >= 4 is 5.91 Å². The van der Waals surface area contributed by atoms with Crippen LogP contribution < -0.4 is 0 Å². The molecule has 2 fully saturated rings. The molecule has 0 spiro atoms. The molecule has 0 aliphatic carbocycles. The Bertz CT molecular complexity index is 315. The molecule has 5 nitrogen and oxygen atoms in total. The molecule has 2 aliphatic heterocycles. The minimum absolute atomic E-state index is 0.0203. The summed E-state index contributed by atoms with van der Waals surface area (Å²) in [5.41, 5.74) is -0.790. The summed E-state index contributed by atoms with van der Waals surface area (Å²) >= 11 is 0. The number of nitrogens with zero attached hydrogens (tertiary/aromatic N) is 1. The summed E-state index contributed by atoms with van der Waals surface area (Å²) in [5, 5.41) is 10.4. The second-order valence-electron chi connectivity index (χ2n) is 5.86. The van der Waals surface area contributed by atoms with Crippen LogP contribution in [0.2, 0.25) is 0 Å². The van der Waals surface area contributed by atoms with Crippen LogP contribution in [0.5, 0.6) is 0 Å². The zero-order chi connectivity index (χ0) is 13.9. The summed E-state index contributed by atoms with van der Waals surface area (Å²) in [5.74, 6) is 0.0225. The molecule has 19 heavy (non-hydrogen) atoms. The van der Waals surface area contributed by atoms with E-state index in [4.69, 9.17) is 9.47 Å². The number of rotatable bonds is 3. The Morgan fingerprint density at radius 3 is 2.68 bits per heavy atom. The Kier molecular flexibility index (Phi) is 4.81. The summed E-state index contributed by atoms with van der Waals surface area (Å²) < 4.78 is 10.8. The maximum absolute atomic E-state index is 12.4. The van der Waals surface area contributed by atoms with Gasteiger partial charge in [0.2, 0.25) is 5.91 Å². The average Bonchev–Trinajstić information content (AvgIpc) is 2.39. The lowest BCUT2D eigenvalue weighted by atomic mass is 9.91. The average molecular weight is 271 g/mol. The molecular weight excluding hydrogens is 246 g/mol. The third kappa shape index (κ3) is 3.68. The minimum Gasteiger partial charge on any atom is -0.388 e. The quantitative estimate of drug-likeness (QED) is 0.825. The van der Waals surface area contributed by atoms with E-state index in [1.807, 2.05) is 6.92 Å². The van der Waals surface area contributed by atoms with Crippen LogP contribution in [0.4, 0.5) is 0 Å². The van der Waals surface area contributed by atoms with Crippen molar-refractivity contribution in [3.63, 3.8) is 0 Å². The SMILES string of the molecule is C[C@H]1OCCC[C@@H]1C(=O)N(C)CC1(O)CCOCC1. The first kappa shape index (κ1) is 14.8. The van der Waals surface area contributed by atoms with Crippen LogP contribution in [0.3, 0.4) is 0 Å². The highest BCUT2D eigenvalue weighted by Crippen LogP contribution is 2.25. The van der Waals surface area contributed by atoms with Crippen molar-refractivity contribution in [3.8, 4) is 0 Å². The molecule has 0 aromatic heterocycles. The van der Waals surface area contributed by atoms with E-state index < -0.39 is 5.60 Å². The van der Waals surface area contributed by atoms with Crippen LogP contribution >= 0.6 is 0 Å².